The molecular formula is C32H27F2N5O2S. The Morgan fingerprint density at radius 1 is 0.857 bits per heavy atom. The molecule has 2 N–H and O–H groups in total. The maximum atomic E-state index is 13.9. The van der Waals surface area contributed by atoms with Crippen molar-refractivity contribution in [1.29, 1.82) is 0 Å². The Labute approximate surface area is 245 Å². The van der Waals surface area contributed by atoms with E-state index in [9.17, 15) is 18.4 Å². The number of rotatable bonds is 5. The summed E-state index contributed by atoms with van der Waals surface area (Å²) in [6.45, 7) is 3.99. The molecule has 3 heterocycles. The molecule has 1 fully saturated rings. The number of aromatic nitrogens is 1. The average Bonchev–Trinajstić information content (AvgIpc) is 3.34. The quantitative estimate of drug-likeness (QED) is 0.230. The Hall–Kier alpha value is -4.83. The van der Waals surface area contributed by atoms with E-state index >= 15 is 0 Å². The van der Waals surface area contributed by atoms with Gasteiger partial charge >= 0.3 is 6.03 Å². The van der Waals surface area contributed by atoms with Gasteiger partial charge in [-0.2, -0.15) is 0 Å². The highest BCUT2D eigenvalue weighted by atomic mass is 32.1. The number of nitrogens with one attached hydrogen (secondary N) is 2. The minimum atomic E-state index is -0.474. The maximum absolute atomic E-state index is 13.9. The summed E-state index contributed by atoms with van der Waals surface area (Å²) in [6, 6.07) is 21.7. The predicted octanol–water partition coefficient (Wildman–Crippen LogP) is 7.16. The maximum Gasteiger partial charge on any atom is 0.322 e. The monoisotopic (exact) mass is 583 g/mol. The Balaban J connectivity index is 1.08. The molecule has 2 aromatic heterocycles. The summed E-state index contributed by atoms with van der Waals surface area (Å²) in [5, 5.41) is 6.53. The number of anilines is 3. The van der Waals surface area contributed by atoms with Crippen LogP contribution in [0.25, 0.3) is 21.2 Å². The highest BCUT2D eigenvalue weighted by Gasteiger charge is 2.23. The van der Waals surface area contributed by atoms with Crippen LogP contribution >= 0.6 is 11.3 Å². The van der Waals surface area contributed by atoms with E-state index in [2.05, 4.69) is 20.5 Å². The van der Waals surface area contributed by atoms with Gasteiger partial charge in [0.05, 0.1) is 22.4 Å². The molecule has 5 aromatic rings. The smallest absolute Gasteiger partial charge is 0.322 e. The van der Waals surface area contributed by atoms with Crippen molar-refractivity contribution in [3.8, 4) is 11.1 Å². The lowest BCUT2D eigenvalue weighted by Crippen LogP contribution is -2.50. The van der Waals surface area contributed by atoms with Gasteiger partial charge in [0.1, 0.15) is 17.5 Å². The second-order valence-electron chi connectivity index (χ2n) is 10.0. The molecule has 10 heteroatoms. The van der Waals surface area contributed by atoms with E-state index < -0.39 is 5.82 Å². The zero-order valence-corrected chi connectivity index (χ0v) is 23.6. The molecule has 0 bridgehead atoms. The van der Waals surface area contributed by atoms with Crippen molar-refractivity contribution in [3.63, 3.8) is 0 Å². The molecule has 0 spiro atoms. The standard InChI is InChI=1S/C32H27F2N5O2S/c1-20-25-18-22(21-5-4-6-23(33)17-21)9-11-28(25)42-30(20)31(40)36-24-10-12-29(35-19-24)38-13-15-39(16-14-38)32(41)37-27-8-3-2-7-26(27)34/h2-12,17-19H,13-16H2,1H3,(H,36,40)(H,37,41). The Bertz CT molecular complexity index is 1780. The van der Waals surface area contributed by atoms with Gasteiger partial charge < -0.3 is 20.4 Å². The third kappa shape index (κ3) is 5.66. The number of aryl methyl sites for hydroxylation is 1. The number of hydrogen-bond acceptors (Lipinski definition) is 5. The van der Waals surface area contributed by atoms with Crippen molar-refractivity contribution in [3.05, 3.63) is 107 Å². The van der Waals surface area contributed by atoms with Gasteiger partial charge in [0.25, 0.3) is 5.91 Å². The highest BCUT2D eigenvalue weighted by molar-refractivity contribution is 7.21. The van der Waals surface area contributed by atoms with Gasteiger partial charge in [0.2, 0.25) is 0 Å². The first-order valence-corrected chi connectivity index (χ1v) is 14.3. The summed E-state index contributed by atoms with van der Waals surface area (Å²) in [7, 11) is 0. The first kappa shape index (κ1) is 27.3. The molecule has 42 heavy (non-hydrogen) atoms. The minimum Gasteiger partial charge on any atom is -0.353 e. The van der Waals surface area contributed by atoms with Crippen LogP contribution in [0.15, 0.2) is 85.1 Å². The number of fused-ring (bicyclic) bond motifs is 1. The van der Waals surface area contributed by atoms with Gasteiger partial charge in [0.15, 0.2) is 0 Å². The number of urea groups is 1. The first-order chi connectivity index (χ1) is 20.4. The van der Waals surface area contributed by atoms with Crippen LogP contribution in [0.5, 0.6) is 0 Å². The summed E-state index contributed by atoms with van der Waals surface area (Å²) >= 11 is 1.41. The van der Waals surface area contributed by atoms with Crippen molar-refractivity contribution < 1.29 is 18.4 Å². The zero-order chi connectivity index (χ0) is 29.2. The number of amides is 3. The van der Waals surface area contributed by atoms with Crippen molar-refractivity contribution in [1.82, 2.24) is 9.88 Å². The molecule has 1 aliphatic rings. The van der Waals surface area contributed by atoms with E-state index in [1.807, 2.05) is 43.3 Å². The number of benzene rings is 3. The molecule has 3 amide bonds. The second-order valence-corrected chi connectivity index (χ2v) is 11.1. The van der Waals surface area contributed by atoms with Gasteiger partial charge in [-0.15, -0.1) is 11.3 Å². The summed E-state index contributed by atoms with van der Waals surface area (Å²) in [5.74, 6) is -0.242. The molecule has 0 saturated carbocycles. The third-order valence-corrected chi connectivity index (χ3v) is 8.58. The zero-order valence-electron chi connectivity index (χ0n) is 22.7. The van der Waals surface area contributed by atoms with Gasteiger partial charge in [-0.25, -0.2) is 18.6 Å². The van der Waals surface area contributed by atoms with E-state index in [1.165, 1.54) is 35.6 Å². The third-order valence-electron chi connectivity index (χ3n) is 7.31. The highest BCUT2D eigenvalue weighted by Crippen LogP contribution is 2.35. The number of carbonyl (C=O) groups is 2. The van der Waals surface area contributed by atoms with Crippen LogP contribution < -0.4 is 15.5 Å². The van der Waals surface area contributed by atoms with Gasteiger partial charge in [0, 0.05) is 30.9 Å². The molecule has 1 aliphatic heterocycles. The topological polar surface area (TPSA) is 77.6 Å². The van der Waals surface area contributed by atoms with Crippen LogP contribution in [0.2, 0.25) is 0 Å². The fourth-order valence-electron chi connectivity index (χ4n) is 5.02. The number of pyridine rings is 1. The van der Waals surface area contributed by atoms with Gasteiger partial charge in [-0.1, -0.05) is 30.3 Å². The number of halogens is 2. The van der Waals surface area contributed by atoms with Crippen molar-refractivity contribution in [2.24, 2.45) is 0 Å². The summed E-state index contributed by atoms with van der Waals surface area (Å²) in [6.07, 6.45) is 1.62. The lowest BCUT2D eigenvalue weighted by Gasteiger charge is -2.35. The van der Waals surface area contributed by atoms with Gasteiger partial charge in [-0.3, -0.25) is 4.79 Å². The Morgan fingerprint density at radius 2 is 1.64 bits per heavy atom. The fourth-order valence-corrected chi connectivity index (χ4v) is 6.10. The van der Waals surface area contributed by atoms with Crippen LogP contribution in [0.4, 0.5) is 30.8 Å². The van der Waals surface area contributed by atoms with E-state index in [4.69, 9.17) is 0 Å². The van der Waals surface area contributed by atoms with Crippen LogP contribution in [0, 0.1) is 18.6 Å². The lowest BCUT2D eigenvalue weighted by atomic mass is 10.0. The van der Waals surface area contributed by atoms with Gasteiger partial charge in [-0.05, 0) is 77.5 Å². The molecule has 0 radical (unpaired) electrons. The van der Waals surface area contributed by atoms with E-state index in [1.54, 1.807) is 29.3 Å². The number of piperazine rings is 1. The summed E-state index contributed by atoms with van der Waals surface area (Å²) in [4.78, 5) is 34.6. The molecule has 1 saturated heterocycles. The Kier molecular flexibility index (Phi) is 7.54. The van der Waals surface area contributed by atoms with Crippen molar-refractivity contribution in [2.75, 3.05) is 41.7 Å². The molecule has 0 atom stereocenters. The SMILES string of the molecule is Cc1c(C(=O)Nc2ccc(N3CCN(C(=O)Nc4ccccc4F)CC3)nc2)sc2ccc(-c3cccc(F)c3)cc12. The minimum absolute atomic E-state index is 0.156. The Morgan fingerprint density at radius 3 is 2.38 bits per heavy atom. The van der Waals surface area contributed by atoms with Crippen LogP contribution in [0.1, 0.15) is 15.2 Å². The largest absolute Gasteiger partial charge is 0.353 e. The van der Waals surface area contributed by atoms with Crippen molar-refractivity contribution in [2.45, 2.75) is 6.92 Å². The molecule has 0 unspecified atom stereocenters. The first-order valence-electron chi connectivity index (χ1n) is 13.5. The molecule has 212 valence electrons. The average molecular weight is 584 g/mol. The van der Waals surface area contributed by atoms with E-state index in [-0.39, 0.29) is 23.4 Å². The van der Waals surface area contributed by atoms with Crippen LogP contribution in [-0.4, -0.2) is 48.0 Å². The predicted molar refractivity (Wildman–Crippen MR) is 163 cm³/mol. The number of carbonyl (C=O) groups excluding carboxylic acids is 2. The second kappa shape index (κ2) is 11.6. The van der Waals surface area contributed by atoms with E-state index in [0.717, 1.165) is 32.6 Å². The summed E-state index contributed by atoms with van der Waals surface area (Å²) in [5.41, 5.74) is 3.27. The number of nitrogens with zero attached hydrogens (tertiary/aromatic N) is 3. The van der Waals surface area contributed by atoms with Crippen LogP contribution in [-0.2, 0) is 0 Å². The normalized spacial score (nSPS) is 13.3. The lowest BCUT2D eigenvalue weighted by molar-refractivity contribution is 0.103. The number of para-hydroxylation sites is 1. The molecule has 3 aromatic carbocycles. The molecular weight excluding hydrogens is 556 g/mol. The molecule has 0 aliphatic carbocycles. The van der Waals surface area contributed by atoms with Crippen LogP contribution in [0.3, 0.4) is 0 Å². The summed E-state index contributed by atoms with van der Waals surface area (Å²) < 4.78 is 28.6. The fraction of sp³-hybridized carbons (Fsp3) is 0.156. The number of hydrogen-bond donors (Lipinski definition) is 2. The molecule has 6 rings (SSSR count). The van der Waals surface area contributed by atoms with Crippen molar-refractivity contribution >= 4 is 50.6 Å². The molecule has 7 nitrogen and oxygen atoms in total. The number of thiophene rings is 1. The van der Waals surface area contributed by atoms with E-state index in [0.29, 0.717) is 36.7 Å².